The van der Waals surface area contributed by atoms with E-state index in [9.17, 15) is 9.59 Å². The van der Waals surface area contributed by atoms with Crippen molar-refractivity contribution in [3.05, 3.63) is 70.2 Å². The van der Waals surface area contributed by atoms with Gasteiger partial charge >= 0.3 is 0 Å². The number of nitrogens with zero attached hydrogens (tertiary/aromatic N) is 1. The molecule has 0 heterocycles. The number of carbonyl (C=O) groups excluding carboxylic acids is 2. The van der Waals surface area contributed by atoms with Crippen LogP contribution in [0, 0.1) is 0 Å². The maximum atomic E-state index is 13.0. The molecule has 0 aliphatic carbocycles. The summed E-state index contributed by atoms with van der Waals surface area (Å²) in [6, 6.07) is 15.2. The summed E-state index contributed by atoms with van der Waals surface area (Å²) in [4.78, 5) is 26.8. The third kappa shape index (κ3) is 6.60. The maximum absolute atomic E-state index is 13.0. The second-order valence-electron chi connectivity index (χ2n) is 8.39. The standard InChI is InChI=1S/C24H31ClN2O2/c1-17(23(29)26-5)27(16-19-7-6-8-21(25)15-19)22(28)14-11-18-9-12-20(13-10-18)24(2,3)4/h6-10,12-13,15,17H,11,14,16H2,1-5H3,(H,26,29)/t17-/m0/s1. The zero-order chi connectivity index (χ0) is 21.6. The Bertz CT molecular complexity index is 841. The first-order valence-electron chi connectivity index (χ1n) is 9.96. The molecule has 0 unspecified atom stereocenters. The lowest BCUT2D eigenvalue weighted by atomic mass is 9.86. The second-order valence-corrected chi connectivity index (χ2v) is 8.83. The number of hydrogen-bond donors (Lipinski definition) is 1. The molecule has 2 aromatic carbocycles. The lowest BCUT2D eigenvalue weighted by molar-refractivity contribution is -0.140. The van der Waals surface area contributed by atoms with Crippen molar-refractivity contribution in [2.24, 2.45) is 0 Å². The molecule has 0 spiro atoms. The van der Waals surface area contributed by atoms with E-state index in [4.69, 9.17) is 11.6 Å². The number of halogens is 1. The molecule has 1 N–H and O–H groups in total. The molecule has 0 bridgehead atoms. The molecule has 2 rings (SSSR count). The van der Waals surface area contributed by atoms with E-state index in [2.05, 4.69) is 50.4 Å². The first-order chi connectivity index (χ1) is 13.6. The molecule has 2 amide bonds. The van der Waals surface area contributed by atoms with Gasteiger partial charge in [0.1, 0.15) is 6.04 Å². The van der Waals surface area contributed by atoms with Gasteiger partial charge in [0.25, 0.3) is 0 Å². The Morgan fingerprint density at radius 1 is 1.07 bits per heavy atom. The van der Waals surface area contributed by atoms with E-state index >= 15 is 0 Å². The Morgan fingerprint density at radius 2 is 1.72 bits per heavy atom. The number of carbonyl (C=O) groups is 2. The molecule has 29 heavy (non-hydrogen) atoms. The molecule has 0 saturated carbocycles. The van der Waals surface area contributed by atoms with Crippen LogP contribution < -0.4 is 5.32 Å². The predicted molar refractivity (Wildman–Crippen MR) is 119 cm³/mol. The van der Waals surface area contributed by atoms with Crippen molar-refractivity contribution in [1.29, 1.82) is 0 Å². The number of rotatable bonds is 7. The van der Waals surface area contributed by atoms with Crippen LogP contribution in [0.1, 0.15) is 50.8 Å². The molecule has 0 aliphatic heterocycles. The fourth-order valence-corrected chi connectivity index (χ4v) is 3.40. The highest BCUT2D eigenvalue weighted by atomic mass is 35.5. The van der Waals surface area contributed by atoms with E-state index in [1.54, 1.807) is 24.9 Å². The molecular formula is C24H31ClN2O2. The number of aryl methyl sites for hydroxylation is 1. The Kier molecular flexibility index (Phi) is 7.86. The zero-order valence-electron chi connectivity index (χ0n) is 18.0. The number of amides is 2. The first-order valence-corrected chi connectivity index (χ1v) is 10.3. The molecule has 5 heteroatoms. The van der Waals surface area contributed by atoms with Crippen LogP contribution in [0.25, 0.3) is 0 Å². The minimum Gasteiger partial charge on any atom is -0.357 e. The van der Waals surface area contributed by atoms with E-state index < -0.39 is 6.04 Å². The van der Waals surface area contributed by atoms with Crippen LogP contribution in [0.5, 0.6) is 0 Å². The first kappa shape index (κ1) is 23.0. The van der Waals surface area contributed by atoms with Crippen molar-refractivity contribution >= 4 is 23.4 Å². The summed E-state index contributed by atoms with van der Waals surface area (Å²) < 4.78 is 0. The van der Waals surface area contributed by atoms with Gasteiger partial charge in [-0.2, -0.15) is 0 Å². The fraction of sp³-hybridized carbons (Fsp3) is 0.417. The lowest BCUT2D eigenvalue weighted by Crippen LogP contribution is -2.46. The van der Waals surface area contributed by atoms with Crippen molar-refractivity contribution in [2.45, 2.75) is 58.5 Å². The van der Waals surface area contributed by atoms with Gasteiger partial charge < -0.3 is 10.2 Å². The molecule has 0 fully saturated rings. The van der Waals surface area contributed by atoms with Gasteiger partial charge in [0.05, 0.1) is 0 Å². The molecule has 0 aliphatic rings. The molecule has 0 saturated heterocycles. The highest BCUT2D eigenvalue weighted by Crippen LogP contribution is 2.23. The van der Waals surface area contributed by atoms with Gasteiger partial charge in [-0.1, -0.05) is 68.8 Å². The summed E-state index contributed by atoms with van der Waals surface area (Å²) in [7, 11) is 1.58. The van der Waals surface area contributed by atoms with Gasteiger partial charge in [0.15, 0.2) is 0 Å². The van der Waals surface area contributed by atoms with Crippen molar-refractivity contribution in [1.82, 2.24) is 10.2 Å². The number of benzene rings is 2. The van der Waals surface area contributed by atoms with Gasteiger partial charge in [0.2, 0.25) is 11.8 Å². The lowest BCUT2D eigenvalue weighted by Gasteiger charge is -2.28. The molecular weight excluding hydrogens is 384 g/mol. The Hall–Kier alpha value is -2.33. The van der Waals surface area contributed by atoms with Crippen molar-refractivity contribution in [2.75, 3.05) is 7.05 Å². The molecule has 0 aromatic heterocycles. The summed E-state index contributed by atoms with van der Waals surface area (Å²) in [6.45, 7) is 8.63. The summed E-state index contributed by atoms with van der Waals surface area (Å²) >= 11 is 6.08. The molecule has 1 atom stereocenters. The van der Waals surface area contributed by atoms with E-state index in [-0.39, 0.29) is 17.2 Å². The monoisotopic (exact) mass is 414 g/mol. The topological polar surface area (TPSA) is 49.4 Å². The van der Waals surface area contributed by atoms with Gasteiger partial charge in [0, 0.05) is 25.0 Å². The normalized spacial score (nSPS) is 12.3. The smallest absolute Gasteiger partial charge is 0.242 e. The molecule has 4 nitrogen and oxygen atoms in total. The van der Waals surface area contributed by atoms with Crippen molar-refractivity contribution < 1.29 is 9.59 Å². The highest BCUT2D eigenvalue weighted by molar-refractivity contribution is 6.30. The van der Waals surface area contributed by atoms with E-state index in [0.717, 1.165) is 11.1 Å². The number of nitrogens with one attached hydrogen (secondary N) is 1. The Labute approximate surface area is 179 Å². The average molecular weight is 415 g/mol. The van der Waals surface area contributed by atoms with Crippen LogP contribution in [0.4, 0.5) is 0 Å². The largest absolute Gasteiger partial charge is 0.357 e. The van der Waals surface area contributed by atoms with Crippen molar-refractivity contribution in [3.63, 3.8) is 0 Å². The zero-order valence-corrected chi connectivity index (χ0v) is 18.7. The highest BCUT2D eigenvalue weighted by Gasteiger charge is 2.25. The molecule has 0 radical (unpaired) electrons. The quantitative estimate of drug-likeness (QED) is 0.711. The second kappa shape index (κ2) is 9.93. The summed E-state index contributed by atoms with van der Waals surface area (Å²) in [5.74, 6) is -0.240. The number of hydrogen-bond acceptors (Lipinski definition) is 2. The Balaban J connectivity index is 2.11. The van der Waals surface area contributed by atoms with Crippen molar-refractivity contribution in [3.8, 4) is 0 Å². The van der Waals surface area contributed by atoms with Crippen LogP contribution in [-0.4, -0.2) is 29.8 Å². The van der Waals surface area contributed by atoms with Crippen LogP contribution in [0.2, 0.25) is 5.02 Å². The van der Waals surface area contributed by atoms with Crippen LogP contribution in [0.15, 0.2) is 48.5 Å². The Morgan fingerprint density at radius 3 is 2.28 bits per heavy atom. The number of likely N-dealkylation sites (N-methyl/N-ethyl adjacent to an activating group) is 1. The van der Waals surface area contributed by atoms with Gasteiger partial charge in [-0.25, -0.2) is 0 Å². The molecule has 2 aromatic rings. The SMILES string of the molecule is CNC(=O)[C@H](C)N(Cc1cccc(Cl)c1)C(=O)CCc1ccc(C(C)(C)C)cc1. The average Bonchev–Trinajstić information content (AvgIpc) is 2.68. The van der Waals surface area contributed by atoms with E-state index in [1.807, 2.05) is 18.2 Å². The minimum atomic E-state index is -0.560. The van der Waals surface area contributed by atoms with Gasteiger partial charge in [-0.15, -0.1) is 0 Å². The molecule has 156 valence electrons. The fourth-order valence-electron chi connectivity index (χ4n) is 3.19. The third-order valence-electron chi connectivity index (χ3n) is 5.10. The van der Waals surface area contributed by atoms with Crippen LogP contribution in [-0.2, 0) is 28.0 Å². The van der Waals surface area contributed by atoms with Gasteiger partial charge in [-0.3, -0.25) is 9.59 Å². The van der Waals surface area contributed by atoms with E-state index in [1.165, 1.54) is 5.56 Å². The van der Waals surface area contributed by atoms with Crippen LogP contribution in [0.3, 0.4) is 0 Å². The minimum absolute atomic E-state index is 0.0547. The van der Waals surface area contributed by atoms with Gasteiger partial charge in [-0.05, 0) is 47.6 Å². The maximum Gasteiger partial charge on any atom is 0.242 e. The third-order valence-corrected chi connectivity index (χ3v) is 5.34. The summed E-state index contributed by atoms with van der Waals surface area (Å²) in [5, 5.41) is 3.24. The summed E-state index contributed by atoms with van der Waals surface area (Å²) in [6.07, 6.45) is 0.979. The summed E-state index contributed by atoms with van der Waals surface area (Å²) in [5.41, 5.74) is 3.38. The van der Waals surface area contributed by atoms with E-state index in [0.29, 0.717) is 24.4 Å². The van der Waals surface area contributed by atoms with Crippen LogP contribution >= 0.6 is 11.6 Å². The predicted octanol–water partition coefficient (Wildman–Crippen LogP) is 4.73.